The van der Waals surface area contributed by atoms with E-state index in [2.05, 4.69) is 6.92 Å². The molecule has 126 valence electrons. The van der Waals surface area contributed by atoms with Crippen molar-refractivity contribution in [1.29, 1.82) is 0 Å². The first kappa shape index (κ1) is 17.5. The Labute approximate surface area is 138 Å². The molecule has 0 aliphatic heterocycles. The molecule has 2 atom stereocenters. The van der Waals surface area contributed by atoms with E-state index >= 15 is 0 Å². The Bertz CT molecular complexity index is 515. The third-order valence-corrected chi connectivity index (χ3v) is 4.61. The molecule has 0 radical (unpaired) electrons. The van der Waals surface area contributed by atoms with Crippen molar-refractivity contribution in [3.8, 4) is 0 Å². The highest BCUT2D eigenvalue weighted by atomic mass is 16.5. The van der Waals surface area contributed by atoms with Crippen LogP contribution in [0.4, 0.5) is 0 Å². The molecule has 0 bridgehead atoms. The summed E-state index contributed by atoms with van der Waals surface area (Å²) in [5, 5.41) is 0. The van der Waals surface area contributed by atoms with Gasteiger partial charge in [0.1, 0.15) is 0 Å². The van der Waals surface area contributed by atoms with Crippen molar-refractivity contribution in [2.24, 2.45) is 5.92 Å². The van der Waals surface area contributed by atoms with Crippen LogP contribution in [0, 0.1) is 5.92 Å². The van der Waals surface area contributed by atoms with Crippen LogP contribution in [0.2, 0.25) is 0 Å². The van der Waals surface area contributed by atoms with E-state index in [1.54, 1.807) is 6.92 Å². The maximum atomic E-state index is 12.9. The molecule has 1 aliphatic carbocycles. The summed E-state index contributed by atoms with van der Waals surface area (Å²) in [5.41, 5.74) is 0.689. The molecule has 1 aliphatic rings. The highest BCUT2D eigenvalue weighted by Crippen LogP contribution is 2.29. The third kappa shape index (κ3) is 4.81. The average molecular weight is 317 g/mol. The molecule has 1 amide bonds. The van der Waals surface area contributed by atoms with Crippen LogP contribution in [0.25, 0.3) is 0 Å². The first-order valence-electron chi connectivity index (χ1n) is 8.65. The van der Waals surface area contributed by atoms with Gasteiger partial charge in [-0.15, -0.1) is 0 Å². The van der Waals surface area contributed by atoms with E-state index in [0.29, 0.717) is 24.6 Å². The van der Waals surface area contributed by atoms with Crippen LogP contribution in [-0.4, -0.2) is 36.0 Å². The van der Waals surface area contributed by atoms with Gasteiger partial charge in [-0.05, 0) is 37.8 Å². The van der Waals surface area contributed by atoms with Gasteiger partial charge in [-0.25, -0.2) is 0 Å². The van der Waals surface area contributed by atoms with Crippen molar-refractivity contribution in [3.63, 3.8) is 0 Å². The van der Waals surface area contributed by atoms with E-state index in [1.165, 1.54) is 6.42 Å². The van der Waals surface area contributed by atoms with E-state index in [9.17, 15) is 9.59 Å². The van der Waals surface area contributed by atoms with Crippen molar-refractivity contribution in [2.75, 3.05) is 13.2 Å². The smallest absolute Gasteiger partial charge is 0.307 e. The monoisotopic (exact) mass is 317 g/mol. The van der Waals surface area contributed by atoms with Gasteiger partial charge in [0.25, 0.3) is 5.91 Å². The zero-order valence-electron chi connectivity index (χ0n) is 14.2. The lowest BCUT2D eigenvalue weighted by Crippen LogP contribution is -2.46. The molecule has 1 aromatic carbocycles. The standard InChI is InChI=1S/C19H27NO3/c1-3-23-18(21)13-14-20(17-12-8-7-9-15(17)2)19(22)16-10-5-4-6-11-16/h4-6,10-11,15,17H,3,7-9,12-14H2,1-2H3. The molecule has 0 saturated heterocycles. The van der Waals surface area contributed by atoms with Crippen LogP contribution in [0.1, 0.15) is 56.3 Å². The normalized spacial score (nSPS) is 20.8. The number of esters is 1. The number of nitrogens with zero attached hydrogens (tertiary/aromatic N) is 1. The number of carbonyl (C=O) groups excluding carboxylic acids is 2. The molecule has 23 heavy (non-hydrogen) atoms. The second-order valence-electron chi connectivity index (χ2n) is 6.25. The van der Waals surface area contributed by atoms with E-state index in [-0.39, 0.29) is 24.3 Å². The Morgan fingerprint density at radius 1 is 1.17 bits per heavy atom. The summed E-state index contributed by atoms with van der Waals surface area (Å²) in [6.45, 7) is 4.82. The lowest BCUT2D eigenvalue weighted by molar-refractivity contribution is -0.143. The Balaban J connectivity index is 2.13. The van der Waals surface area contributed by atoms with Crippen LogP contribution in [0.3, 0.4) is 0 Å². The fourth-order valence-electron chi connectivity index (χ4n) is 3.37. The number of hydrogen-bond donors (Lipinski definition) is 0. The van der Waals surface area contributed by atoms with Gasteiger partial charge in [0.15, 0.2) is 0 Å². The summed E-state index contributed by atoms with van der Waals surface area (Å²) >= 11 is 0. The van der Waals surface area contributed by atoms with Gasteiger partial charge in [-0.1, -0.05) is 38.0 Å². The molecule has 2 unspecified atom stereocenters. The topological polar surface area (TPSA) is 46.6 Å². The molecule has 0 spiro atoms. The van der Waals surface area contributed by atoms with Crippen molar-refractivity contribution >= 4 is 11.9 Å². The fourth-order valence-corrected chi connectivity index (χ4v) is 3.37. The molecule has 1 fully saturated rings. The largest absolute Gasteiger partial charge is 0.466 e. The van der Waals surface area contributed by atoms with Crippen LogP contribution in [0.5, 0.6) is 0 Å². The van der Waals surface area contributed by atoms with Crippen molar-refractivity contribution in [3.05, 3.63) is 35.9 Å². The molecular weight excluding hydrogens is 290 g/mol. The average Bonchev–Trinajstić information content (AvgIpc) is 2.57. The first-order valence-corrected chi connectivity index (χ1v) is 8.65. The van der Waals surface area contributed by atoms with Crippen LogP contribution in [-0.2, 0) is 9.53 Å². The molecule has 4 nitrogen and oxygen atoms in total. The zero-order valence-corrected chi connectivity index (χ0v) is 14.2. The molecule has 0 N–H and O–H groups in total. The Morgan fingerprint density at radius 2 is 1.87 bits per heavy atom. The zero-order chi connectivity index (χ0) is 16.7. The van der Waals surface area contributed by atoms with Gasteiger partial charge in [0, 0.05) is 18.2 Å². The minimum Gasteiger partial charge on any atom is -0.466 e. The van der Waals surface area contributed by atoms with Gasteiger partial charge >= 0.3 is 5.97 Å². The maximum Gasteiger partial charge on any atom is 0.307 e. The summed E-state index contributed by atoms with van der Waals surface area (Å²) in [6.07, 6.45) is 4.79. The second kappa shape index (κ2) is 8.70. The summed E-state index contributed by atoms with van der Waals surface area (Å²) < 4.78 is 5.02. The molecule has 0 aromatic heterocycles. The second-order valence-corrected chi connectivity index (χ2v) is 6.25. The lowest BCUT2D eigenvalue weighted by Gasteiger charge is -2.38. The van der Waals surface area contributed by atoms with E-state index in [1.807, 2.05) is 35.2 Å². The number of rotatable bonds is 6. The van der Waals surface area contributed by atoms with Crippen molar-refractivity contribution in [1.82, 2.24) is 4.90 Å². The molecule has 1 saturated carbocycles. The number of ether oxygens (including phenoxy) is 1. The number of carbonyl (C=O) groups is 2. The lowest BCUT2D eigenvalue weighted by atomic mass is 9.84. The molecule has 2 rings (SSSR count). The van der Waals surface area contributed by atoms with Crippen LogP contribution < -0.4 is 0 Å². The first-order chi connectivity index (χ1) is 11.1. The minimum atomic E-state index is -0.234. The maximum absolute atomic E-state index is 12.9. The Hall–Kier alpha value is -1.84. The number of benzene rings is 1. The van der Waals surface area contributed by atoms with E-state index in [0.717, 1.165) is 19.3 Å². The molecular formula is C19H27NO3. The van der Waals surface area contributed by atoms with Gasteiger partial charge in [-0.3, -0.25) is 9.59 Å². The highest BCUT2D eigenvalue weighted by molar-refractivity contribution is 5.94. The highest BCUT2D eigenvalue weighted by Gasteiger charge is 2.31. The number of hydrogen-bond acceptors (Lipinski definition) is 3. The fraction of sp³-hybridized carbons (Fsp3) is 0.579. The molecule has 1 aromatic rings. The third-order valence-electron chi connectivity index (χ3n) is 4.61. The summed E-state index contributed by atoms with van der Waals surface area (Å²) in [7, 11) is 0. The van der Waals surface area contributed by atoms with Gasteiger partial charge < -0.3 is 9.64 Å². The number of amides is 1. The molecule has 0 heterocycles. The van der Waals surface area contributed by atoms with Gasteiger partial charge in [-0.2, -0.15) is 0 Å². The van der Waals surface area contributed by atoms with Crippen LogP contribution in [0.15, 0.2) is 30.3 Å². The predicted octanol–water partition coefficient (Wildman–Crippen LogP) is 3.66. The van der Waals surface area contributed by atoms with Gasteiger partial charge in [0.05, 0.1) is 13.0 Å². The Kier molecular flexibility index (Phi) is 6.63. The molecule has 4 heteroatoms. The van der Waals surface area contributed by atoms with Crippen molar-refractivity contribution in [2.45, 2.75) is 52.0 Å². The summed E-state index contributed by atoms with van der Waals surface area (Å²) in [6, 6.07) is 9.55. The minimum absolute atomic E-state index is 0.0219. The van der Waals surface area contributed by atoms with E-state index in [4.69, 9.17) is 4.74 Å². The van der Waals surface area contributed by atoms with Gasteiger partial charge in [0.2, 0.25) is 0 Å². The Morgan fingerprint density at radius 3 is 2.52 bits per heavy atom. The SMILES string of the molecule is CCOC(=O)CCN(C(=O)c1ccccc1)C1CCCCC1C. The van der Waals surface area contributed by atoms with Crippen LogP contribution >= 0.6 is 0 Å². The van der Waals surface area contributed by atoms with E-state index < -0.39 is 0 Å². The predicted molar refractivity (Wildman–Crippen MR) is 90.1 cm³/mol. The van der Waals surface area contributed by atoms with Crippen molar-refractivity contribution < 1.29 is 14.3 Å². The quantitative estimate of drug-likeness (QED) is 0.752. The summed E-state index contributed by atoms with van der Waals surface area (Å²) in [5.74, 6) is 0.258. The summed E-state index contributed by atoms with van der Waals surface area (Å²) in [4.78, 5) is 26.5.